The van der Waals surface area contributed by atoms with Crippen LogP contribution in [0.25, 0.3) is 5.57 Å². The number of benzene rings is 1. The van der Waals surface area contributed by atoms with E-state index in [0.717, 1.165) is 0 Å². The lowest BCUT2D eigenvalue weighted by Gasteiger charge is -2.32. The Hall–Kier alpha value is -1.44. The first-order chi connectivity index (χ1) is 7.39. The predicted molar refractivity (Wildman–Crippen MR) is 72.1 cm³/mol. The van der Waals surface area contributed by atoms with Gasteiger partial charge in [-0.3, -0.25) is 0 Å². The van der Waals surface area contributed by atoms with E-state index in [1.54, 1.807) is 0 Å². The van der Waals surface area contributed by atoms with Gasteiger partial charge in [-0.15, -0.1) is 0 Å². The summed E-state index contributed by atoms with van der Waals surface area (Å²) < 4.78 is 0. The molecule has 0 unspecified atom stereocenters. The number of nitrogens with zero attached hydrogens (tertiary/aromatic N) is 1. The second kappa shape index (κ2) is 3.55. The lowest BCUT2D eigenvalue weighted by molar-refractivity contribution is 0.707. The van der Waals surface area contributed by atoms with Gasteiger partial charge in [-0.05, 0) is 44.5 Å². The third-order valence-corrected chi connectivity index (χ3v) is 2.98. The van der Waals surface area contributed by atoms with Gasteiger partial charge in [0.05, 0.1) is 5.54 Å². The zero-order chi connectivity index (χ0) is 11.9. The number of hydrogen-bond acceptors (Lipinski definition) is 2. The fraction of sp³-hybridized carbons (Fsp3) is 0.429. The van der Waals surface area contributed by atoms with Crippen molar-refractivity contribution in [3.05, 3.63) is 29.8 Å². The molecule has 86 valence electrons. The molecule has 2 rings (SSSR count). The topological polar surface area (TPSA) is 15.3 Å². The highest BCUT2D eigenvalue weighted by Crippen LogP contribution is 2.35. The van der Waals surface area contributed by atoms with Crippen molar-refractivity contribution >= 4 is 16.9 Å². The van der Waals surface area contributed by atoms with Crippen LogP contribution in [-0.2, 0) is 0 Å². The quantitative estimate of drug-likeness (QED) is 0.774. The second-order valence-electron chi connectivity index (χ2n) is 5.30. The molecule has 1 aliphatic heterocycles. The van der Waals surface area contributed by atoms with Gasteiger partial charge in [0, 0.05) is 31.0 Å². The van der Waals surface area contributed by atoms with Crippen molar-refractivity contribution in [2.24, 2.45) is 0 Å². The number of nitrogens with one attached hydrogen (secondary N) is 1. The van der Waals surface area contributed by atoms with Gasteiger partial charge in [-0.2, -0.15) is 0 Å². The van der Waals surface area contributed by atoms with E-state index in [4.69, 9.17) is 0 Å². The van der Waals surface area contributed by atoms with E-state index in [9.17, 15) is 0 Å². The third kappa shape index (κ3) is 1.92. The van der Waals surface area contributed by atoms with Crippen LogP contribution >= 0.6 is 0 Å². The summed E-state index contributed by atoms with van der Waals surface area (Å²) in [7, 11) is 4.14. The molecule has 2 heteroatoms. The molecular weight excluding hydrogens is 196 g/mol. The van der Waals surface area contributed by atoms with Crippen molar-refractivity contribution in [2.45, 2.75) is 26.3 Å². The lowest BCUT2D eigenvalue weighted by atomic mass is 9.91. The molecule has 0 aromatic heterocycles. The summed E-state index contributed by atoms with van der Waals surface area (Å²) in [4.78, 5) is 2.13. The van der Waals surface area contributed by atoms with Crippen LogP contribution in [0.3, 0.4) is 0 Å². The lowest BCUT2D eigenvalue weighted by Crippen LogP contribution is -2.31. The molecular formula is C14H20N2. The van der Waals surface area contributed by atoms with Crippen molar-refractivity contribution in [2.75, 3.05) is 24.3 Å². The van der Waals surface area contributed by atoms with Gasteiger partial charge in [0.1, 0.15) is 0 Å². The first kappa shape index (κ1) is 11.1. The fourth-order valence-corrected chi connectivity index (χ4v) is 2.25. The zero-order valence-corrected chi connectivity index (χ0v) is 10.8. The van der Waals surface area contributed by atoms with E-state index in [-0.39, 0.29) is 5.54 Å². The average molecular weight is 216 g/mol. The molecule has 0 saturated carbocycles. The number of allylic oxidation sites excluding steroid dienone is 1. The molecule has 0 aliphatic carbocycles. The number of hydrogen-bond donors (Lipinski definition) is 1. The standard InChI is InChI=1S/C14H20N2/c1-10-9-14(2,3)15-13-7-6-11(16(4)5)8-12(10)13/h6-9,15H,1-5H3. The summed E-state index contributed by atoms with van der Waals surface area (Å²) >= 11 is 0. The minimum absolute atomic E-state index is 0.0523. The monoisotopic (exact) mass is 216 g/mol. The van der Waals surface area contributed by atoms with Gasteiger partial charge in [-0.25, -0.2) is 0 Å². The van der Waals surface area contributed by atoms with Gasteiger partial charge >= 0.3 is 0 Å². The summed E-state index contributed by atoms with van der Waals surface area (Å²) in [6.07, 6.45) is 2.29. The molecule has 0 radical (unpaired) electrons. The summed E-state index contributed by atoms with van der Waals surface area (Å²) in [6, 6.07) is 6.56. The Labute approximate surface area is 98.0 Å². The maximum atomic E-state index is 3.54. The first-order valence-corrected chi connectivity index (χ1v) is 5.68. The Morgan fingerprint density at radius 2 is 1.88 bits per heavy atom. The molecule has 2 nitrogen and oxygen atoms in total. The molecule has 0 amide bonds. The number of fused-ring (bicyclic) bond motifs is 1. The minimum Gasteiger partial charge on any atom is -0.378 e. The van der Waals surface area contributed by atoms with Crippen LogP contribution < -0.4 is 10.2 Å². The van der Waals surface area contributed by atoms with Crippen molar-refractivity contribution < 1.29 is 0 Å². The van der Waals surface area contributed by atoms with E-state index in [1.165, 1.54) is 22.5 Å². The van der Waals surface area contributed by atoms with Crippen LogP contribution in [0.2, 0.25) is 0 Å². The average Bonchev–Trinajstić information content (AvgIpc) is 2.15. The predicted octanol–water partition coefficient (Wildman–Crippen LogP) is 3.36. The summed E-state index contributed by atoms with van der Waals surface area (Å²) in [5.74, 6) is 0. The molecule has 0 fully saturated rings. The van der Waals surface area contributed by atoms with Crippen LogP contribution in [-0.4, -0.2) is 19.6 Å². The van der Waals surface area contributed by atoms with Crippen LogP contribution in [0.4, 0.5) is 11.4 Å². The van der Waals surface area contributed by atoms with Crippen LogP contribution in [0.1, 0.15) is 26.3 Å². The maximum absolute atomic E-state index is 3.54. The molecule has 1 aromatic rings. The van der Waals surface area contributed by atoms with Gasteiger partial charge < -0.3 is 10.2 Å². The SMILES string of the molecule is CC1=CC(C)(C)Nc2ccc(N(C)C)cc21. The van der Waals surface area contributed by atoms with E-state index < -0.39 is 0 Å². The van der Waals surface area contributed by atoms with Crippen molar-refractivity contribution in [3.63, 3.8) is 0 Å². The summed E-state index contributed by atoms with van der Waals surface area (Å²) in [6.45, 7) is 6.57. The van der Waals surface area contributed by atoms with Gasteiger partial charge in [0.25, 0.3) is 0 Å². The largest absolute Gasteiger partial charge is 0.378 e. The molecule has 1 aromatic carbocycles. The molecule has 0 atom stereocenters. The highest BCUT2D eigenvalue weighted by atomic mass is 15.1. The highest BCUT2D eigenvalue weighted by Gasteiger charge is 2.22. The van der Waals surface area contributed by atoms with Gasteiger partial charge in [0.2, 0.25) is 0 Å². The van der Waals surface area contributed by atoms with E-state index >= 15 is 0 Å². The van der Waals surface area contributed by atoms with E-state index in [2.05, 4.69) is 69.4 Å². The second-order valence-corrected chi connectivity index (χ2v) is 5.30. The van der Waals surface area contributed by atoms with Crippen LogP contribution in [0.15, 0.2) is 24.3 Å². The Morgan fingerprint density at radius 1 is 1.19 bits per heavy atom. The summed E-state index contributed by atoms with van der Waals surface area (Å²) in [5.41, 5.74) is 5.19. The molecule has 16 heavy (non-hydrogen) atoms. The smallest absolute Gasteiger partial charge is 0.0505 e. The molecule has 0 spiro atoms. The van der Waals surface area contributed by atoms with Crippen LogP contribution in [0, 0.1) is 0 Å². The molecule has 0 bridgehead atoms. The summed E-state index contributed by atoms with van der Waals surface area (Å²) in [5, 5.41) is 3.54. The number of rotatable bonds is 1. The molecule has 1 heterocycles. The first-order valence-electron chi connectivity index (χ1n) is 5.68. The van der Waals surface area contributed by atoms with Crippen LogP contribution in [0.5, 0.6) is 0 Å². The number of anilines is 2. The van der Waals surface area contributed by atoms with E-state index in [1.807, 2.05) is 0 Å². The van der Waals surface area contributed by atoms with E-state index in [0.29, 0.717) is 0 Å². The molecule has 1 N–H and O–H groups in total. The zero-order valence-electron chi connectivity index (χ0n) is 10.8. The highest BCUT2D eigenvalue weighted by molar-refractivity contribution is 5.82. The fourth-order valence-electron chi connectivity index (χ4n) is 2.25. The van der Waals surface area contributed by atoms with Crippen molar-refractivity contribution in [1.82, 2.24) is 0 Å². The Balaban J connectivity index is 2.50. The Morgan fingerprint density at radius 3 is 2.50 bits per heavy atom. The van der Waals surface area contributed by atoms with Crippen molar-refractivity contribution in [3.8, 4) is 0 Å². The van der Waals surface area contributed by atoms with Gasteiger partial charge in [0.15, 0.2) is 0 Å². The Bertz CT molecular complexity index is 442. The van der Waals surface area contributed by atoms with Crippen molar-refractivity contribution in [1.29, 1.82) is 0 Å². The molecule has 0 saturated heterocycles. The van der Waals surface area contributed by atoms with Gasteiger partial charge in [-0.1, -0.05) is 6.08 Å². The molecule has 1 aliphatic rings. The third-order valence-electron chi connectivity index (χ3n) is 2.98. The Kier molecular flexibility index (Phi) is 2.45. The maximum Gasteiger partial charge on any atom is 0.0505 e. The normalized spacial score (nSPS) is 17.2. The minimum atomic E-state index is 0.0523.